The van der Waals surface area contributed by atoms with Crippen LogP contribution in [0, 0.1) is 0 Å². The Kier molecular flexibility index (Phi) is 9.90. The largest absolute Gasteiger partial charge is 0.478 e. The van der Waals surface area contributed by atoms with Crippen molar-refractivity contribution in [2.45, 2.75) is 84.5 Å². The van der Waals surface area contributed by atoms with Gasteiger partial charge in [0.2, 0.25) is 0 Å². The minimum absolute atomic E-state index is 0.0126. The predicted octanol–water partition coefficient (Wildman–Crippen LogP) is 5.72. The summed E-state index contributed by atoms with van der Waals surface area (Å²) in [6.45, 7) is 4.26. The number of rotatable bonds is 13. The van der Waals surface area contributed by atoms with Gasteiger partial charge in [0, 0.05) is 0 Å². The molecule has 1 aromatic carbocycles. The van der Waals surface area contributed by atoms with Crippen molar-refractivity contribution < 1.29 is 19.8 Å². The van der Waals surface area contributed by atoms with Crippen LogP contribution in [0.4, 0.5) is 0 Å². The second-order valence-corrected chi connectivity index (χ2v) is 6.71. The van der Waals surface area contributed by atoms with Crippen molar-refractivity contribution in [1.82, 2.24) is 0 Å². The molecule has 0 fully saturated rings. The molecule has 0 amide bonds. The van der Waals surface area contributed by atoms with Gasteiger partial charge >= 0.3 is 11.9 Å². The second-order valence-electron chi connectivity index (χ2n) is 6.71. The van der Waals surface area contributed by atoms with Crippen molar-refractivity contribution in [2.24, 2.45) is 0 Å². The smallest absolute Gasteiger partial charge is 0.336 e. The Morgan fingerprint density at radius 2 is 1.36 bits per heavy atom. The molecule has 4 nitrogen and oxygen atoms in total. The molecule has 0 aromatic heterocycles. The quantitative estimate of drug-likeness (QED) is 0.447. The highest BCUT2D eigenvalue weighted by atomic mass is 16.4. The minimum atomic E-state index is -1.17. The summed E-state index contributed by atoms with van der Waals surface area (Å²) >= 11 is 0. The standard InChI is InChI=1S/C21H32O4/c1-3-5-7-8-9-10-11-12-16-14-15-18(20(22)23)19(21(24)25)17(16)13-6-4-2/h14-15H,3-13H2,1-2H3,(H,22,23)(H,24,25). The second kappa shape index (κ2) is 11.7. The number of carboxylic acids is 2. The van der Waals surface area contributed by atoms with Crippen molar-refractivity contribution in [3.63, 3.8) is 0 Å². The van der Waals surface area contributed by atoms with Gasteiger partial charge in [-0.05, 0) is 42.9 Å². The third kappa shape index (κ3) is 6.89. The van der Waals surface area contributed by atoms with Crippen LogP contribution in [0.2, 0.25) is 0 Å². The molecule has 0 aliphatic carbocycles. The lowest BCUT2D eigenvalue weighted by Crippen LogP contribution is -2.14. The fraction of sp³-hybridized carbons (Fsp3) is 0.619. The normalized spacial score (nSPS) is 10.8. The Morgan fingerprint density at radius 3 is 1.92 bits per heavy atom. The van der Waals surface area contributed by atoms with Crippen molar-refractivity contribution >= 4 is 11.9 Å². The lowest BCUT2D eigenvalue weighted by atomic mass is 9.89. The SMILES string of the molecule is CCCCCCCCCc1ccc(C(=O)O)c(C(=O)O)c1CCCC. The molecule has 0 saturated carbocycles. The zero-order valence-electron chi connectivity index (χ0n) is 15.6. The Balaban J connectivity index is 2.85. The van der Waals surface area contributed by atoms with Crippen LogP contribution in [0.25, 0.3) is 0 Å². The lowest BCUT2D eigenvalue weighted by Gasteiger charge is -2.15. The Labute approximate surface area is 151 Å². The molecule has 1 rings (SSSR count). The highest BCUT2D eigenvalue weighted by molar-refractivity contribution is 6.03. The Bertz CT molecular complexity index is 563. The van der Waals surface area contributed by atoms with Crippen LogP contribution < -0.4 is 0 Å². The molecule has 2 N–H and O–H groups in total. The van der Waals surface area contributed by atoms with Gasteiger partial charge in [-0.15, -0.1) is 0 Å². The summed E-state index contributed by atoms with van der Waals surface area (Å²) in [5, 5.41) is 18.9. The van der Waals surface area contributed by atoms with Crippen molar-refractivity contribution in [3.05, 3.63) is 34.4 Å². The maximum absolute atomic E-state index is 11.7. The molecule has 140 valence electrons. The molecular weight excluding hydrogens is 316 g/mol. The van der Waals surface area contributed by atoms with E-state index in [9.17, 15) is 19.8 Å². The van der Waals surface area contributed by atoms with Gasteiger partial charge in [-0.25, -0.2) is 9.59 Å². The van der Waals surface area contributed by atoms with E-state index in [4.69, 9.17) is 0 Å². The molecule has 25 heavy (non-hydrogen) atoms. The fourth-order valence-electron chi connectivity index (χ4n) is 3.26. The maximum atomic E-state index is 11.7. The summed E-state index contributed by atoms with van der Waals surface area (Å²) in [7, 11) is 0. The molecule has 4 heteroatoms. The first-order valence-electron chi connectivity index (χ1n) is 9.64. The van der Waals surface area contributed by atoms with Gasteiger partial charge in [0.15, 0.2) is 0 Å². The Hall–Kier alpha value is -1.84. The molecule has 0 spiro atoms. The predicted molar refractivity (Wildman–Crippen MR) is 101 cm³/mol. The van der Waals surface area contributed by atoms with Crippen LogP contribution in [0.1, 0.15) is 103 Å². The molecule has 0 heterocycles. The van der Waals surface area contributed by atoms with Gasteiger partial charge in [0.05, 0.1) is 11.1 Å². The fourth-order valence-corrected chi connectivity index (χ4v) is 3.26. The number of carboxylic acid groups (broad SMARTS) is 2. The van der Waals surface area contributed by atoms with Crippen LogP contribution in [-0.2, 0) is 12.8 Å². The van der Waals surface area contributed by atoms with Gasteiger partial charge in [-0.1, -0.05) is 64.9 Å². The minimum Gasteiger partial charge on any atom is -0.478 e. The molecule has 0 saturated heterocycles. The Morgan fingerprint density at radius 1 is 0.760 bits per heavy atom. The van der Waals surface area contributed by atoms with Gasteiger partial charge in [-0.2, -0.15) is 0 Å². The summed E-state index contributed by atoms with van der Waals surface area (Å²) in [5.74, 6) is -2.30. The van der Waals surface area contributed by atoms with E-state index < -0.39 is 11.9 Å². The first kappa shape index (κ1) is 21.2. The monoisotopic (exact) mass is 348 g/mol. The van der Waals surface area contributed by atoms with Crippen molar-refractivity contribution in [2.75, 3.05) is 0 Å². The lowest BCUT2D eigenvalue weighted by molar-refractivity contribution is 0.0650. The van der Waals surface area contributed by atoms with Crippen LogP contribution in [-0.4, -0.2) is 22.2 Å². The zero-order valence-corrected chi connectivity index (χ0v) is 15.6. The van der Waals surface area contributed by atoms with E-state index in [1.54, 1.807) is 0 Å². The highest BCUT2D eigenvalue weighted by Crippen LogP contribution is 2.24. The average molecular weight is 348 g/mol. The first-order chi connectivity index (χ1) is 12.0. The number of aromatic carboxylic acids is 2. The number of carbonyl (C=O) groups is 2. The number of aryl methyl sites for hydroxylation is 1. The van der Waals surface area contributed by atoms with Crippen LogP contribution in [0.5, 0.6) is 0 Å². The van der Waals surface area contributed by atoms with Crippen LogP contribution in [0.3, 0.4) is 0 Å². The number of benzene rings is 1. The number of hydrogen-bond donors (Lipinski definition) is 2. The van der Waals surface area contributed by atoms with E-state index in [0.717, 1.165) is 43.2 Å². The summed E-state index contributed by atoms with van der Waals surface area (Å²) in [6, 6.07) is 3.27. The van der Waals surface area contributed by atoms with Gasteiger partial charge < -0.3 is 10.2 Å². The van der Waals surface area contributed by atoms with E-state index in [0.29, 0.717) is 6.42 Å². The third-order valence-corrected chi connectivity index (χ3v) is 4.68. The summed E-state index contributed by atoms with van der Waals surface area (Å²) in [5.41, 5.74) is 1.62. The summed E-state index contributed by atoms with van der Waals surface area (Å²) < 4.78 is 0. The molecule has 0 bridgehead atoms. The van der Waals surface area contributed by atoms with Crippen molar-refractivity contribution in [3.8, 4) is 0 Å². The molecule has 0 unspecified atom stereocenters. The molecule has 1 aromatic rings. The van der Waals surface area contributed by atoms with E-state index in [1.165, 1.54) is 38.2 Å². The molecule has 0 aliphatic heterocycles. The highest BCUT2D eigenvalue weighted by Gasteiger charge is 2.22. The molecule has 0 aliphatic rings. The van der Waals surface area contributed by atoms with Gasteiger partial charge in [0.25, 0.3) is 0 Å². The maximum Gasteiger partial charge on any atom is 0.336 e. The number of hydrogen-bond acceptors (Lipinski definition) is 2. The number of unbranched alkanes of at least 4 members (excludes halogenated alkanes) is 7. The summed E-state index contributed by atoms with van der Waals surface area (Å²) in [4.78, 5) is 23.1. The topological polar surface area (TPSA) is 74.6 Å². The van der Waals surface area contributed by atoms with Crippen LogP contribution >= 0.6 is 0 Å². The van der Waals surface area contributed by atoms with E-state index in [-0.39, 0.29) is 11.1 Å². The van der Waals surface area contributed by atoms with Gasteiger partial charge in [-0.3, -0.25) is 0 Å². The van der Waals surface area contributed by atoms with Crippen molar-refractivity contribution in [1.29, 1.82) is 0 Å². The van der Waals surface area contributed by atoms with E-state index in [2.05, 4.69) is 13.8 Å². The van der Waals surface area contributed by atoms with Gasteiger partial charge in [0.1, 0.15) is 0 Å². The van der Waals surface area contributed by atoms with E-state index >= 15 is 0 Å². The summed E-state index contributed by atoms with van der Waals surface area (Å²) in [6.07, 6.45) is 11.7. The average Bonchev–Trinajstić information content (AvgIpc) is 2.58. The molecular formula is C21H32O4. The van der Waals surface area contributed by atoms with Crippen LogP contribution in [0.15, 0.2) is 12.1 Å². The van der Waals surface area contributed by atoms with E-state index in [1.807, 2.05) is 6.07 Å². The molecule has 0 radical (unpaired) electrons. The zero-order chi connectivity index (χ0) is 18.7. The molecule has 0 atom stereocenters. The first-order valence-corrected chi connectivity index (χ1v) is 9.64. The third-order valence-electron chi connectivity index (χ3n) is 4.68.